The number of hydrogen-bond acceptors (Lipinski definition) is 4. The van der Waals surface area contributed by atoms with Gasteiger partial charge in [0.25, 0.3) is 0 Å². The fourth-order valence-corrected chi connectivity index (χ4v) is 5.08. The van der Waals surface area contributed by atoms with E-state index in [-0.39, 0.29) is 17.4 Å². The molecule has 0 radical (unpaired) electrons. The van der Waals surface area contributed by atoms with E-state index in [1.807, 2.05) is 0 Å². The molecular weight excluding hydrogens is 440 g/mol. The van der Waals surface area contributed by atoms with Crippen LogP contribution >= 0.6 is 0 Å². The molecule has 2 N–H and O–H groups in total. The van der Waals surface area contributed by atoms with Crippen molar-refractivity contribution >= 4 is 11.7 Å². The van der Waals surface area contributed by atoms with Crippen LogP contribution in [-0.2, 0) is 11.8 Å². The minimum atomic E-state index is -0.681. The molecule has 0 amide bonds. The van der Waals surface area contributed by atoms with Gasteiger partial charge >= 0.3 is 5.97 Å². The molecule has 1 atom stereocenters. The predicted octanol–water partition coefficient (Wildman–Crippen LogP) is 5.45. The van der Waals surface area contributed by atoms with Crippen LogP contribution in [0.2, 0.25) is 0 Å². The third-order valence-electron chi connectivity index (χ3n) is 7.30. The molecule has 182 valence electrons. The maximum absolute atomic E-state index is 11.8. The highest BCUT2D eigenvalue weighted by atomic mass is 16.4. The van der Waals surface area contributed by atoms with Gasteiger partial charge in [-0.15, -0.1) is 0 Å². The van der Waals surface area contributed by atoms with Crippen LogP contribution in [0.15, 0.2) is 76.8 Å². The second-order valence-corrected chi connectivity index (χ2v) is 9.63. The van der Waals surface area contributed by atoms with Crippen LogP contribution in [0.5, 0.6) is 0 Å². The van der Waals surface area contributed by atoms with Crippen LogP contribution in [0.4, 0.5) is 0 Å². The molecule has 6 heteroatoms. The Morgan fingerprint density at radius 3 is 2.11 bits per heavy atom. The molecule has 1 saturated carbocycles. The van der Waals surface area contributed by atoms with Gasteiger partial charge in [-0.2, -0.15) is 0 Å². The molecule has 35 heavy (non-hydrogen) atoms. The normalized spacial score (nSPS) is 19.3. The van der Waals surface area contributed by atoms with Gasteiger partial charge in [0, 0.05) is 37.2 Å². The quantitative estimate of drug-likeness (QED) is 0.272. The number of pyridine rings is 1. The Morgan fingerprint density at radius 2 is 1.57 bits per heavy atom. The van der Waals surface area contributed by atoms with Crippen molar-refractivity contribution in [3.05, 3.63) is 105 Å². The Bertz CT molecular complexity index is 1250. The van der Waals surface area contributed by atoms with Crippen molar-refractivity contribution < 1.29 is 15.1 Å². The van der Waals surface area contributed by atoms with Gasteiger partial charge in [-0.1, -0.05) is 59.3 Å². The van der Waals surface area contributed by atoms with E-state index in [0.29, 0.717) is 23.6 Å². The number of aliphatic carboxylic acids is 1. The van der Waals surface area contributed by atoms with E-state index in [4.69, 9.17) is 0 Å². The molecule has 1 aliphatic rings. The monoisotopic (exact) mass is 472 g/mol. The number of aryl methyl sites for hydroxylation is 2. The van der Waals surface area contributed by atoms with Crippen molar-refractivity contribution in [2.24, 2.45) is 18.1 Å². The number of carbonyl (C=O) groups is 1. The Hall–Kier alpha value is -3.67. The van der Waals surface area contributed by atoms with Crippen LogP contribution in [0.1, 0.15) is 71.8 Å². The van der Waals surface area contributed by atoms with Crippen LogP contribution in [0.25, 0.3) is 0 Å². The zero-order chi connectivity index (χ0) is 24.9. The average molecular weight is 473 g/mol. The van der Waals surface area contributed by atoms with Crippen LogP contribution in [0.3, 0.4) is 0 Å². The first kappa shape index (κ1) is 24.5. The van der Waals surface area contributed by atoms with E-state index >= 15 is 0 Å². The highest BCUT2D eigenvalue weighted by Crippen LogP contribution is 2.37. The summed E-state index contributed by atoms with van der Waals surface area (Å²) in [6, 6.07) is 20.1. The summed E-state index contributed by atoms with van der Waals surface area (Å²) < 4.78 is 1.48. The second-order valence-electron chi connectivity index (χ2n) is 9.63. The molecule has 6 nitrogen and oxygen atoms in total. The molecule has 0 bridgehead atoms. The topological polar surface area (TPSA) is 91.9 Å². The van der Waals surface area contributed by atoms with Gasteiger partial charge in [0.15, 0.2) is 0 Å². The van der Waals surface area contributed by atoms with E-state index in [1.165, 1.54) is 21.8 Å². The number of carboxylic acids is 1. The molecule has 1 fully saturated rings. The lowest BCUT2D eigenvalue weighted by Crippen LogP contribution is -2.20. The van der Waals surface area contributed by atoms with Crippen LogP contribution in [-0.4, -0.2) is 26.6 Å². The number of carboxylic acid groups (broad SMARTS) is 1. The Balaban J connectivity index is 1.60. The lowest BCUT2D eigenvalue weighted by molar-refractivity contribution is -0.142. The summed E-state index contributed by atoms with van der Waals surface area (Å²) in [5.41, 5.74) is 5.76. The molecule has 3 aromatic rings. The maximum Gasteiger partial charge on any atom is 0.306 e. The minimum absolute atomic E-state index is 0.0319. The fraction of sp³-hybridized carbons (Fsp3) is 0.345. The lowest BCUT2D eigenvalue weighted by atomic mass is 9.78. The summed E-state index contributed by atoms with van der Waals surface area (Å²) in [5, 5.41) is 22.7. The maximum atomic E-state index is 11.8. The highest BCUT2D eigenvalue weighted by molar-refractivity contribution is 6.00. The molecule has 2 aromatic carbocycles. The zero-order valence-electron chi connectivity index (χ0n) is 20.2. The van der Waals surface area contributed by atoms with Crippen molar-refractivity contribution in [1.29, 1.82) is 0 Å². The van der Waals surface area contributed by atoms with Gasteiger partial charge in [0.1, 0.15) is 0 Å². The Kier molecular flexibility index (Phi) is 7.49. The van der Waals surface area contributed by atoms with Gasteiger partial charge in [-0.3, -0.25) is 9.59 Å². The van der Waals surface area contributed by atoms with Crippen LogP contribution < -0.4 is 5.56 Å². The molecule has 0 unspecified atom stereocenters. The first-order valence-electron chi connectivity index (χ1n) is 12.1. The SMILES string of the molecule is Cc1ccc([C@H](C/C(=N/O)c2ccc(=O)n(C)c2)c2ccc(C3CCC(C(=O)O)CC3)cc2)cc1. The Labute approximate surface area is 205 Å². The number of aromatic nitrogens is 1. The zero-order valence-corrected chi connectivity index (χ0v) is 20.2. The van der Waals surface area contributed by atoms with Crippen molar-refractivity contribution in [3.63, 3.8) is 0 Å². The summed E-state index contributed by atoms with van der Waals surface area (Å²) in [6.45, 7) is 2.05. The average Bonchev–Trinajstić information content (AvgIpc) is 2.87. The number of benzene rings is 2. The smallest absolute Gasteiger partial charge is 0.306 e. The van der Waals surface area contributed by atoms with E-state index in [9.17, 15) is 19.9 Å². The van der Waals surface area contributed by atoms with Gasteiger partial charge in [0.2, 0.25) is 5.56 Å². The molecule has 0 spiro atoms. The van der Waals surface area contributed by atoms with Gasteiger partial charge < -0.3 is 14.9 Å². The van der Waals surface area contributed by atoms with Crippen LogP contribution in [0, 0.1) is 12.8 Å². The molecular formula is C29H32N2O4. The summed E-state index contributed by atoms with van der Waals surface area (Å²) in [6.07, 6.45) is 5.41. The predicted molar refractivity (Wildman–Crippen MR) is 136 cm³/mol. The molecule has 0 saturated heterocycles. The number of rotatable bonds is 7. The standard InChI is InChI=1S/C29H32N2O4/c1-19-3-5-22(6-4-19)26(17-27(30-35)25-15-16-28(32)31(2)18-25)23-11-7-20(8-12-23)21-9-13-24(14-10-21)29(33)34/h3-8,11-12,15-16,18,21,24,26,35H,9-10,13-14,17H2,1-2H3,(H,33,34)/b30-27-/t21?,24?,26-/m0/s1. The number of nitrogens with zero attached hydrogens (tertiary/aromatic N) is 2. The molecule has 1 aliphatic carbocycles. The second kappa shape index (κ2) is 10.7. The van der Waals surface area contributed by atoms with E-state index in [2.05, 4.69) is 60.6 Å². The Morgan fingerprint density at radius 1 is 0.971 bits per heavy atom. The summed E-state index contributed by atoms with van der Waals surface area (Å²) in [4.78, 5) is 23.1. The van der Waals surface area contributed by atoms with Crippen molar-refractivity contribution in [3.8, 4) is 0 Å². The van der Waals surface area contributed by atoms with E-state index in [0.717, 1.165) is 36.8 Å². The first-order chi connectivity index (χ1) is 16.9. The number of oxime groups is 1. The fourth-order valence-electron chi connectivity index (χ4n) is 5.08. The summed E-state index contributed by atoms with van der Waals surface area (Å²) in [7, 11) is 1.68. The van der Waals surface area contributed by atoms with Gasteiger partial charge in [-0.25, -0.2) is 0 Å². The molecule has 1 aromatic heterocycles. The first-order valence-corrected chi connectivity index (χ1v) is 12.1. The third-order valence-corrected chi connectivity index (χ3v) is 7.30. The van der Waals surface area contributed by atoms with Crippen molar-refractivity contribution in [1.82, 2.24) is 4.57 Å². The molecule has 1 heterocycles. The lowest BCUT2D eigenvalue weighted by Gasteiger charge is -2.27. The molecule has 4 rings (SSSR count). The summed E-state index contributed by atoms with van der Waals surface area (Å²) in [5.74, 6) is -0.544. The van der Waals surface area contributed by atoms with Gasteiger partial charge in [0.05, 0.1) is 11.6 Å². The van der Waals surface area contributed by atoms with E-state index < -0.39 is 5.97 Å². The minimum Gasteiger partial charge on any atom is -0.481 e. The largest absolute Gasteiger partial charge is 0.481 e. The molecule has 0 aliphatic heterocycles. The van der Waals surface area contributed by atoms with E-state index in [1.54, 1.807) is 19.3 Å². The van der Waals surface area contributed by atoms with Gasteiger partial charge in [-0.05, 0) is 61.3 Å². The van der Waals surface area contributed by atoms with Crippen molar-refractivity contribution in [2.45, 2.75) is 50.9 Å². The number of hydrogen-bond donors (Lipinski definition) is 2. The summed E-state index contributed by atoms with van der Waals surface area (Å²) >= 11 is 0. The van der Waals surface area contributed by atoms with Crippen molar-refractivity contribution in [2.75, 3.05) is 0 Å². The third kappa shape index (κ3) is 5.70. The highest BCUT2D eigenvalue weighted by Gasteiger charge is 2.27.